The standard InChI is InChI=1S/C18H17NO4S/c20-17(21)16-9-15(8-14-6-7-24-12-14)10-19(16)18(22)23-11-13-4-2-1-3-5-13/h1-8,12,16H,9-11H2,(H,20,21)/b15-8-/t16-/m0/s1. The van der Waals surface area contributed by atoms with Crippen LogP contribution in [0.2, 0.25) is 0 Å². The van der Waals surface area contributed by atoms with Crippen molar-refractivity contribution < 1.29 is 19.4 Å². The molecule has 5 nitrogen and oxygen atoms in total. The van der Waals surface area contributed by atoms with Crippen molar-refractivity contribution in [1.29, 1.82) is 0 Å². The second-order valence-corrected chi connectivity index (χ2v) is 6.37. The zero-order valence-electron chi connectivity index (χ0n) is 12.9. The third-order valence-electron chi connectivity index (χ3n) is 3.84. The molecule has 1 amide bonds. The van der Waals surface area contributed by atoms with Crippen molar-refractivity contribution in [3.63, 3.8) is 0 Å². The fourth-order valence-electron chi connectivity index (χ4n) is 2.66. The van der Waals surface area contributed by atoms with Crippen LogP contribution in [-0.2, 0) is 16.1 Å². The minimum absolute atomic E-state index is 0.131. The van der Waals surface area contributed by atoms with Crippen molar-refractivity contribution in [2.24, 2.45) is 0 Å². The van der Waals surface area contributed by atoms with Gasteiger partial charge in [-0.05, 0) is 33.5 Å². The summed E-state index contributed by atoms with van der Waals surface area (Å²) in [6, 6.07) is 10.4. The molecule has 1 aliphatic rings. The third kappa shape index (κ3) is 3.83. The zero-order valence-corrected chi connectivity index (χ0v) is 13.7. The molecule has 2 aromatic rings. The molecule has 3 rings (SSSR count). The van der Waals surface area contributed by atoms with Crippen LogP contribution in [0.3, 0.4) is 0 Å². The van der Waals surface area contributed by atoms with Gasteiger partial charge in [-0.1, -0.05) is 36.4 Å². The largest absolute Gasteiger partial charge is 0.480 e. The van der Waals surface area contributed by atoms with Crippen LogP contribution in [0.15, 0.2) is 52.7 Å². The van der Waals surface area contributed by atoms with E-state index in [0.29, 0.717) is 6.42 Å². The van der Waals surface area contributed by atoms with Gasteiger partial charge in [0.05, 0.1) is 0 Å². The van der Waals surface area contributed by atoms with Crippen LogP contribution >= 0.6 is 11.3 Å². The van der Waals surface area contributed by atoms with E-state index >= 15 is 0 Å². The number of likely N-dealkylation sites (tertiary alicyclic amines) is 1. The fraction of sp³-hybridized carbons (Fsp3) is 0.222. The Balaban J connectivity index is 1.68. The number of amides is 1. The molecule has 1 saturated heterocycles. The SMILES string of the molecule is O=C(O)[C@@H]1C/C(=C/c2ccsc2)CN1C(=O)OCc1ccccc1. The summed E-state index contributed by atoms with van der Waals surface area (Å²) in [5.74, 6) is -1.01. The molecule has 6 heteroatoms. The Hall–Kier alpha value is -2.60. The van der Waals surface area contributed by atoms with Gasteiger partial charge in [0.2, 0.25) is 0 Å². The molecule has 124 valence electrons. The molecule has 0 saturated carbocycles. The maximum absolute atomic E-state index is 12.3. The summed E-state index contributed by atoms with van der Waals surface area (Å²) < 4.78 is 5.27. The monoisotopic (exact) mass is 343 g/mol. The van der Waals surface area contributed by atoms with Crippen molar-refractivity contribution in [1.82, 2.24) is 4.90 Å². The van der Waals surface area contributed by atoms with E-state index in [4.69, 9.17) is 4.74 Å². The van der Waals surface area contributed by atoms with E-state index < -0.39 is 18.1 Å². The van der Waals surface area contributed by atoms with E-state index in [2.05, 4.69) is 0 Å². The molecule has 0 unspecified atom stereocenters. The Morgan fingerprint density at radius 3 is 2.75 bits per heavy atom. The zero-order chi connectivity index (χ0) is 16.9. The summed E-state index contributed by atoms with van der Waals surface area (Å²) in [6.45, 7) is 0.409. The highest BCUT2D eigenvalue weighted by Crippen LogP contribution is 2.26. The van der Waals surface area contributed by atoms with E-state index in [1.807, 2.05) is 53.2 Å². The first-order valence-corrected chi connectivity index (χ1v) is 8.49. The van der Waals surface area contributed by atoms with Crippen molar-refractivity contribution in [3.8, 4) is 0 Å². The number of aliphatic carboxylic acids is 1. The number of nitrogens with zero attached hydrogens (tertiary/aromatic N) is 1. The molecule has 1 N–H and O–H groups in total. The van der Waals surface area contributed by atoms with E-state index in [-0.39, 0.29) is 13.2 Å². The van der Waals surface area contributed by atoms with Crippen LogP contribution in [0.1, 0.15) is 17.5 Å². The molecule has 24 heavy (non-hydrogen) atoms. The molecule has 1 aliphatic heterocycles. The minimum atomic E-state index is -1.01. The smallest absolute Gasteiger partial charge is 0.411 e. The molecule has 1 fully saturated rings. The molecule has 0 aliphatic carbocycles. The summed E-state index contributed by atoms with van der Waals surface area (Å²) in [6.07, 6.45) is 1.67. The van der Waals surface area contributed by atoms with E-state index in [1.54, 1.807) is 11.3 Å². The number of rotatable bonds is 4. The van der Waals surface area contributed by atoms with Crippen LogP contribution in [0, 0.1) is 0 Å². The molecule has 1 aromatic carbocycles. The van der Waals surface area contributed by atoms with Crippen molar-refractivity contribution in [3.05, 3.63) is 63.9 Å². The first-order valence-electron chi connectivity index (χ1n) is 7.55. The average molecular weight is 343 g/mol. The van der Waals surface area contributed by atoms with E-state index in [9.17, 15) is 14.7 Å². The number of carbonyl (C=O) groups is 2. The van der Waals surface area contributed by atoms with Crippen LogP contribution < -0.4 is 0 Å². The molecule has 1 atom stereocenters. The van der Waals surface area contributed by atoms with Gasteiger partial charge in [-0.15, -0.1) is 0 Å². The van der Waals surface area contributed by atoms with Crippen molar-refractivity contribution in [2.75, 3.05) is 6.54 Å². The number of carboxylic acids is 1. The number of thiophene rings is 1. The van der Waals surface area contributed by atoms with Gasteiger partial charge >= 0.3 is 12.1 Å². The fourth-order valence-corrected chi connectivity index (χ4v) is 3.28. The number of carboxylic acid groups (broad SMARTS) is 1. The summed E-state index contributed by atoms with van der Waals surface area (Å²) in [7, 11) is 0. The van der Waals surface area contributed by atoms with Crippen LogP contribution in [0.4, 0.5) is 4.79 Å². The molecular formula is C18H17NO4S. The highest BCUT2D eigenvalue weighted by Gasteiger charge is 2.37. The number of carbonyl (C=O) groups excluding carboxylic acids is 1. The van der Waals surface area contributed by atoms with E-state index in [1.165, 1.54) is 4.90 Å². The van der Waals surface area contributed by atoms with Gasteiger partial charge in [-0.25, -0.2) is 9.59 Å². The Kier molecular flexibility index (Phi) is 4.96. The summed E-state index contributed by atoms with van der Waals surface area (Å²) in [4.78, 5) is 25.0. The van der Waals surface area contributed by atoms with Gasteiger partial charge in [0.25, 0.3) is 0 Å². The molecule has 0 radical (unpaired) electrons. The first-order chi connectivity index (χ1) is 11.6. The lowest BCUT2D eigenvalue weighted by molar-refractivity contribution is -0.141. The first kappa shape index (κ1) is 16.3. The number of hydrogen-bond acceptors (Lipinski definition) is 4. The molecule has 1 aromatic heterocycles. The summed E-state index contributed by atoms with van der Waals surface area (Å²) in [5.41, 5.74) is 2.81. The summed E-state index contributed by atoms with van der Waals surface area (Å²) in [5, 5.41) is 13.3. The normalized spacial score (nSPS) is 18.8. The Labute approximate surface area is 143 Å². The predicted octanol–water partition coefficient (Wildman–Crippen LogP) is 3.63. The van der Waals surface area contributed by atoms with Gasteiger partial charge in [-0.2, -0.15) is 11.3 Å². The lowest BCUT2D eigenvalue weighted by Gasteiger charge is -2.20. The average Bonchev–Trinajstić information content (AvgIpc) is 3.24. The highest BCUT2D eigenvalue weighted by molar-refractivity contribution is 7.08. The molecule has 2 heterocycles. The minimum Gasteiger partial charge on any atom is -0.480 e. The lowest BCUT2D eigenvalue weighted by atomic mass is 10.1. The number of hydrogen-bond donors (Lipinski definition) is 1. The van der Waals surface area contributed by atoms with Crippen LogP contribution in [0.5, 0.6) is 0 Å². The molecular weight excluding hydrogens is 326 g/mol. The van der Waals surface area contributed by atoms with Gasteiger partial charge in [0.15, 0.2) is 0 Å². The molecule has 0 bridgehead atoms. The maximum Gasteiger partial charge on any atom is 0.411 e. The van der Waals surface area contributed by atoms with Gasteiger partial charge in [-0.3, -0.25) is 4.90 Å². The third-order valence-corrected chi connectivity index (χ3v) is 4.55. The van der Waals surface area contributed by atoms with Crippen LogP contribution in [-0.4, -0.2) is 34.7 Å². The van der Waals surface area contributed by atoms with Crippen molar-refractivity contribution in [2.45, 2.75) is 19.1 Å². The van der Waals surface area contributed by atoms with Gasteiger partial charge in [0.1, 0.15) is 12.6 Å². The van der Waals surface area contributed by atoms with Crippen molar-refractivity contribution >= 4 is 29.5 Å². The summed E-state index contributed by atoms with van der Waals surface area (Å²) >= 11 is 1.58. The number of ether oxygens (including phenoxy) is 1. The van der Waals surface area contributed by atoms with Gasteiger partial charge in [0, 0.05) is 13.0 Å². The molecule has 0 spiro atoms. The Bertz CT molecular complexity index is 740. The van der Waals surface area contributed by atoms with Crippen LogP contribution in [0.25, 0.3) is 6.08 Å². The quantitative estimate of drug-likeness (QED) is 0.920. The second-order valence-electron chi connectivity index (χ2n) is 5.59. The Morgan fingerprint density at radius 2 is 2.08 bits per heavy atom. The lowest BCUT2D eigenvalue weighted by Crippen LogP contribution is -2.40. The van der Waals surface area contributed by atoms with E-state index in [0.717, 1.165) is 16.7 Å². The highest BCUT2D eigenvalue weighted by atomic mass is 32.1. The predicted molar refractivity (Wildman–Crippen MR) is 91.7 cm³/mol. The maximum atomic E-state index is 12.3. The topological polar surface area (TPSA) is 66.8 Å². The number of benzene rings is 1. The second kappa shape index (κ2) is 7.31. The van der Waals surface area contributed by atoms with Gasteiger partial charge < -0.3 is 9.84 Å². The Morgan fingerprint density at radius 1 is 1.29 bits per heavy atom.